The summed E-state index contributed by atoms with van der Waals surface area (Å²) in [6.07, 6.45) is 2.08. The first-order valence-corrected chi connectivity index (χ1v) is 8.85. The number of hydrogen-bond donors (Lipinski definition) is 0. The normalized spacial score (nSPS) is 20.8. The maximum Gasteiger partial charge on any atom is 0.320 e. The number of piperidine rings is 1. The van der Waals surface area contributed by atoms with Crippen LogP contribution < -0.4 is 0 Å². The molecule has 6 nitrogen and oxygen atoms in total. The van der Waals surface area contributed by atoms with Gasteiger partial charge in [-0.25, -0.2) is 4.79 Å². The van der Waals surface area contributed by atoms with Gasteiger partial charge in [-0.15, -0.1) is 0 Å². The topological polar surface area (TPSA) is 44.6 Å². The summed E-state index contributed by atoms with van der Waals surface area (Å²) in [5.41, 5.74) is 2.13. The maximum atomic E-state index is 12.3. The molecule has 0 aliphatic carbocycles. The van der Waals surface area contributed by atoms with E-state index < -0.39 is 0 Å². The number of hydrogen-bond acceptors (Lipinski definition) is 3. The van der Waals surface area contributed by atoms with E-state index in [2.05, 4.69) is 14.9 Å². The Labute approximate surface area is 143 Å². The van der Waals surface area contributed by atoms with Gasteiger partial charge in [-0.05, 0) is 26.7 Å². The van der Waals surface area contributed by atoms with Crippen molar-refractivity contribution in [1.29, 1.82) is 0 Å². The van der Waals surface area contributed by atoms with E-state index in [1.807, 2.05) is 25.8 Å². The molecule has 2 aliphatic rings. The highest BCUT2D eigenvalue weighted by atomic mass is 35.5. The number of likely N-dealkylation sites (N-methyl/N-ethyl adjacent to an activating group) is 1. The highest BCUT2D eigenvalue weighted by Crippen LogP contribution is 2.25. The van der Waals surface area contributed by atoms with Crippen LogP contribution in [0.5, 0.6) is 0 Å². The second-order valence-electron chi connectivity index (χ2n) is 6.54. The van der Waals surface area contributed by atoms with E-state index in [1.54, 1.807) is 4.68 Å². The molecule has 3 rings (SSSR count). The van der Waals surface area contributed by atoms with Crippen molar-refractivity contribution in [2.75, 3.05) is 32.7 Å². The minimum absolute atomic E-state index is 0.220. The molecule has 7 heteroatoms. The van der Waals surface area contributed by atoms with Crippen LogP contribution in [0.25, 0.3) is 0 Å². The minimum Gasteiger partial charge on any atom is -0.323 e. The number of nitrogens with zero attached hydrogens (tertiary/aromatic N) is 5. The number of urea groups is 1. The lowest BCUT2D eigenvalue weighted by Gasteiger charge is -2.36. The largest absolute Gasteiger partial charge is 0.323 e. The summed E-state index contributed by atoms with van der Waals surface area (Å²) in [5, 5.41) is 5.12. The molecule has 2 fully saturated rings. The fourth-order valence-electron chi connectivity index (χ4n) is 3.70. The van der Waals surface area contributed by atoms with E-state index in [1.165, 1.54) is 0 Å². The quantitative estimate of drug-likeness (QED) is 0.844. The molecule has 0 aromatic carbocycles. The van der Waals surface area contributed by atoms with Crippen molar-refractivity contribution in [2.45, 2.75) is 39.3 Å². The maximum absolute atomic E-state index is 12.3. The first-order valence-electron chi connectivity index (χ1n) is 8.47. The van der Waals surface area contributed by atoms with E-state index in [4.69, 9.17) is 11.6 Å². The van der Waals surface area contributed by atoms with E-state index in [0.717, 1.165) is 68.5 Å². The Balaban J connectivity index is 1.56. The Morgan fingerprint density at radius 2 is 1.91 bits per heavy atom. The lowest BCUT2D eigenvalue weighted by molar-refractivity contribution is 0.126. The van der Waals surface area contributed by atoms with Gasteiger partial charge in [0.1, 0.15) is 5.15 Å². The number of likely N-dealkylation sites (tertiary alicyclic amines) is 1. The number of aryl methyl sites for hydroxylation is 2. The number of carbonyl (C=O) groups is 1. The summed E-state index contributed by atoms with van der Waals surface area (Å²) in [5.74, 6) is 0. The zero-order valence-electron chi connectivity index (χ0n) is 14.3. The monoisotopic (exact) mass is 339 g/mol. The fraction of sp³-hybridized carbons (Fsp3) is 0.750. The predicted molar refractivity (Wildman–Crippen MR) is 90.6 cm³/mol. The summed E-state index contributed by atoms with van der Waals surface area (Å²) in [6.45, 7) is 9.48. The van der Waals surface area contributed by atoms with E-state index in [0.29, 0.717) is 6.04 Å². The molecular weight excluding hydrogens is 314 g/mol. The van der Waals surface area contributed by atoms with Gasteiger partial charge in [0.05, 0.1) is 5.69 Å². The second-order valence-corrected chi connectivity index (χ2v) is 6.90. The first-order chi connectivity index (χ1) is 11.0. The number of halogens is 1. The van der Waals surface area contributed by atoms with Crippen LogP contribution in [0.15, 0.2) is 0 Å². The Morgan fingerprint density at radius 1 is 1.22 bits per heavy atom. The van der Waals surface area contributed by atoms with Gasteiger partial charge in [0.15, 0.2) is 0 Å². The van der Waals surface area contributed by atoms with E-state index >= 15 is 0 Å². The second kappa shape index (κ2) is 6.69. The first kappa shape index (κ1) is 16.6. The molecule has 0 spiro atoms. The summed E-state index contributed by atoms with van der Waals surface area (Å²) in [6, 6.07) is 0.609. The zero-order valence-corrected chi connectivity index (χ0v) is 15.0. The smallest absolute Gasteiger partial charge is 0.320 e. The lowest BCUT2D eigenvalue weighted by Crippen LogP contribution is -2.46. The van der Waals surface area contributed by atoms with Gasteiger partial charge in [0.25, 0.3) is 0 Å². The number of rotatable bonds is 4. The number of aromatic nitrogens is 2. The molecule has 0 unspecified atom stereocenters. The lowest BCUT2D eigenvalue weighted by atomic mass is 10.0. The molecule has 0 atom stereocenters. The van der Waals surface area contributed by atoms with Crippen molar-refractivity contribution in [2.24, 2.45) is 7.05 Å². The van der Waals surface area contributed by atoms with Crippen LogP contribution in [0.1, 0.15) is 31.0 Å². The Bertz CT molecular complexity index is 579. The molecular formula is C16H26ClN5O. The van der Waals surface area contributed by atoms with Gasteiger partial charge in [0.2, 0.25) is 0 Å². The van der Waals surface area contributed by atoms with Crippen molar-refractivity contribution >= 4 is 17.6 Å². The number of carbonyl (C=O) groups excluding carboxylic acids is 1. The van der Waals surface area contributed by atoms with Gasteiger partial charge in [-0.2, -0.15) is 5.10 Å². The van der Waals surface area contributed by atoms with Crippen molar-refractivity contribution in [1.82, 2.24) is 24.5 Å². The van der Waals surface area contributed by atoms with Gasteiger partial charge in [0, 0.05) is 57.9 Å². The Morgan fingerprint density at radius 3 is 2.43 bits per heavy atom. The molecule has 0 N–H and O–H groups in total. The number of amides is 2. The average Bonchev–Trinajstić information content (AvgIpc) is 3.03. The van der Waals surface area contributed by atoms with Crippen LogP contribution in [-0.4, -0.2) is 69.3 Å². The molecule has 23 heavy (non-hydrogen) atoms. The molecule has 128 valence electrons. The third kappa shape index (κ3) is 3.19. The summed E-state index contributed by atoms with van der Waals surface area (Å²) in [4.78, 5) is 18.7. The Hall–Kier alpha value is -1.27. The van der Waals surface area contributed by atoms with Crippen LogP contribution in [0.3, 0.4) is 0 Å². The van der Waals surface area contributed by atoms with E-state index in [-0.39, 0.29) is 6.03 Å². The van der Waals surface area contributed by atoms with Gasteiger partial charge in [-0.3, -0.25) is 9.58 Å². The molecule has 1 aromatic rings. The van der Waals surface area contributed by atoms with E-state index in [9.17, 15) is 4.79 Å². The van der Waals surface area contributed by atoms with Crippen molar-refractivity contribution in [3.05, 3.63) is 16.4 Å². The minimum atomic E-state index is 0.220. The van der Waals surface area contributed by atoms with Crippen LogP contribution in [-0.2, 0) is 13.6 Å². The van der Waals surface area contributed by atoms with Crippen LogP contribution >= 0.6 is 11.6 Å². The molecule has 0 bridgehead atoms. The van der Waals surface area contributed by atoms with Gasteiger partial charge < -0.3 is 9.80 Å². The third-order valence-electron chi connectivity index (χ3n) is 5.16. The average molecular weight is 340 g/mol. The van der Waals surface area contributed by atoms with Crippen molar-refractivity contribution in [3.63, 3.8) is 0 Å². The highest BCUT2D eigenvalue weighted by molar-refractivity contribution is 6.30. The van der Waals surface area contributed by atoms with Gasteiger partial charge >= 0.3 is 6.03 Å². The molecule has 0 saturated carbocycles. The molecule has 2 aliphatic heterocycles. The van der Waals surface area contributed by atoms with Crippen LogP contribution in [0.4, 0.5) is 4.79 Å². The fourth-order valence-corrected chi connectivity index (χ4v) is 3.93. The Kier molecular flexibility index (Phi) is 4.82. The molecule has 0 radical (unpaired) electrons. The predicted octanol–water partition coefficient (Wildman–Crippen LogP) is 2.10. The van der Waals surface area contributed by atoms with Crippen molar-refractivity contribution in [3.8, 4) is 0 Å². The molecule has 3 heterocycles. The van der Waals surface area contributed by atoms with Crippen LogP contribution in [0.2, 0.25) is 5.15 Å². The highest BCUT2D eigenvalue weighted by Gasteiger charge is 2.34. The van der Waals surface area contributed by atoms with Crippen LogP contribution in [0, 0.1) is 6.92 Å². The standard InChI is InChI=1S/C16H26ClN5O/c1-4-21-9-10-22(16(21)23)13-5-7-20(8-6-13)11-14-12(2)18-19(3)15(14)17/h13H,4-11H2,1-3H3. The molecule has 2 amide bonds. The van der Waals surface area contributed by atoms with Gasteiger partial charge in [-0.1, -0.05) is 11.6 Å². The zero-order chi connectivity index (χ0) is 16.6. The van der Waals surface area contributed by atoms with Crippen molar-refractivity contribution < 1.29 is 4.79 Å². The summed E-state index contributed by atoms with van der Waals surface area (Å²) in [7, 11) is 1.88. The summed E-state index contributed by atoms with van der Waals surface area (Å²) >= 11 is 6.33. The molecule has 1 aromatic heterocycles. The summed E-state index contributed by atoms with van der Waals surface area (Å²) < 4.78 is 1.74. The third-order valence-corrected chi connectivity index (χ3v) is 5.63. The SMILES string of the molecule is CCN1CCN(C2CCN(Cc3c(C)nn(C)c3Cl)CC2)C1=O. The molecule has 2 saturated heterocycles.